The van der Waals surface area contributed by atoms with Crippen LogP contribution in [0.1, 0.15) is 28.4 Å². The summed E-state index contributed by atoms with van der Waals surface area (Å²) in [4.78, 5) is 15.2. The average molecular weight is 276 g/mol. The third kappa shape index (κ3) is 2.67. The molecular formula is C14H16N2O2S. The van der Waals surface area contributed by atoms with Gasteiger partial charge < -0.3 is 10.8 Å². The van der Waals surface area contributed by atoms with Crippen LogP contribution >= 0.6 is 11.3 Å². The number of aliphatic carboxylic acids is 1. The van der Waals surface area contributed by atoms with Gasteiger partial charge in [-0.1, -0.05) is 6.07 Å². The van der Waals surface area contributed by atoms with E-state index in [1.165, 1.54) is 22.5 Å². The molecule has 5 heteroatoms. The Kier molecular flexibility index (Phi) is 3.68. The van der Waals surface area contributed by atoms with Gasteiger partial charge in [0.25, 0.3) is 0 Å². The number of thiazole rings is 1. The van der Waals surface area contributed by atoms with Crippen molar-refractivity contribution in [1.29, 1.82) is 0 Å². The highest BCUT2D eigenvalue weighted by Crippen LogP contribution is 2.30. The molecule has 0 radical (unpaired) electrons. The van der Waals surface area contributed by atoms with Gasteiger partial charge in [0, 0.05) is 10.9 Å². The molecule has 3 N–H and O–H groups in total. The van der Waals surface area contributed by atoms with Crippen LogP contribution in [0, 0.1) is 20.8 Å². The van der Waals surface area contributed by atoms with E-state index in [0.29, 0.717) is 5.69 Å². The molecule has 0 saturated heterocycles. The van der Waals surface area contributed by atoms with Crippen molar-refractivity contribution in [3.8, 4) is 10.6 Å². The molecule has 0 aliphatic rings. The van der Waals surface area contributed by atoms with E-state index in [2.05, 4.69) is 31.0 Å². The van der Waals surface area contributed by atoms with Crippen molar-refractivity contribution in [1.82, 2.24) is 4.98 Å². The first-order chi connectivity index (χ1) is 8.90. The van der Waals surface area contributed by atoms with Crippen molar-refractivity contribution < 1.29 is 9.90 Å². The summed E-state index contributed by atoms with van der Waals surface area (Å²) in [5, 5.41) is 11.4. The number of hydrogen-bond acceptors (Lipinski definition) is 4. The molecule has 19 heavy (non-hydrogen) atoms. The lowest BCUT2D eigenvalue weighted by molar-refractivity contribution is -0.138. The highest BCUT2D eigenvalue weighted by atomic mass is 32.1. The number of aryl methyl sites for hydroxylation is 3. The van der Waals surface area contributed by atoms with Gasteiger partial charge >= 0.3 is 5.97 Å². The average Bonchev–Trinajstić information content (AvgIpc) is 2.81. The lowest BCUT2D eigenvalue weighted by atomic mass is 10.0. The molecule has 100 valence electrons. The molecule has 1 aromatic carbocycles. The van der Waals surface area contributed by atoms with Gasteiger partial charge in [-0.2, -0.15) is 0 Å². The van der Waals surface area contributed by atoms with Crippen LogP contribution in [0.5, 0.6) is 0 Å². The van der Waals surface area contributed by atoms with Crippen molar-refractivity contribution in [3.05, 3.63) is 39.9 Å². The van der Waals surface area contributed by atoms with Crippen molar-refractivity contribution in [3.63, 3.8) is 0 Å². The zero-order chi connectivity index (χ0) is 14.2. The van der Waals surface area contributed by atoms with E-state index in [1.807, 2.05) is 6.92 Å². The van der Waals surface area contributed by atoms with Gasteiger partial charge in [0.2, 0.25) is 0 Å². The van der Waals surface area contributed by atoms with Crippen molar-refractivity contribution >= 4 is 17.3 Å². The minimum atomic E-state index is -1.06. The largest absolute Gasteiger partial charge is 0.480 e. The van der Waals surface area contributed by atoms with E-state index in [9.17, 15) is 4.79 Å². The van der Waals surface area contributed by atoms with Crippen LogP contribution in [0.3, 0.4) is 0 Å². The summed E-state index contributed by atoms with van der Waals surface area (Å²) < 4.78 is 0. The van der Waals surface area contributed by atoms with Gasteiger partial charge in [-0.3, -0.25) is 4.79 Å². The van der Waals surface area contributed by atoms with Gasteiger partial charge in [-0.05, 0) is 43.5 Å². The number of carboxylic acid groups (broad SMARTS) is 1. The molecular weight excluding hydrogens is 260 g/mol. The molecule has 2 aromatic rings. The van der Waals surface area contributed by atoms with Gasteiger partial charge in [-0.25, -0.2) is 4.98 Å². The van der Waals surface area contributed by atoms with Crippen LogP contribution in [0.15, 0.2) is 17.5 Å². The Morgan fingerprint density at radius 1 is 1.26 bits per heavy atom. The van der Waals surface area contributed by atoms with Crippen LogP contribution in [-0.2, 0) is 4.79 Å². The quantitative estimate of drug-likeness (QED) is 0.903. The van der Waals surface area contributed by atoms with Crippen molar-refractivity contribution in [2.24, 2.45) is 5.73 Å². The number of aromatic nitrogens is 1. The molecule has 2 rings (SSSR count). The van der Waals surface area contributed by atoms with E-state index >= 15 is 0 Å². The Morgan fingerprint density at radius 2 is 1.89 bits per heavy atom. The fraction of sp³-hybridized carbons (Fsp3) is 0.286. The second kappa shape index (κ2) is 5.11. The van der Waals surface area contributed by atoms with Gasteiger partial charge in [0.1, 0.15) is 11.0 Å². The number of hydrogen-bond donors (Lipinski definition) is 2. The number of carboxylic acids is 1. The van der Waals surface area contributed by atoms with Gasteiger partial charge in [0.05, 0.1) is 5.69 Å². The second-order valence-electron chi connectivity index (χ2n) is 4.64. The Bertz CT molecular complexity index is 634. The molecule has 0 bridgehead atoms. The van der Waals surface area contributed by atoms with E-state index in [4.69, 9.17) is 10.8 Å². The Morgan fingerprint density at radius 3 is 2.53 bits per heavy atom. The summed E-state index contributed by atoms with van der Waals surface area (Å²) in [5.41, 5.74) is 10.6. The first-order valence-electron chi connectivity index (χ1n) is 5.92. The summed E-state index contributed by atoms with van der Waals surface area (Å²) in [6.45, 7) is 6.15. The predicted molar refractivity (Wildman–Crippen MR) is 76.3 cm³/mol. The first kappa shape index (κ1) is 13.7. The molecule has 1 atom stereocenters. The number of rotatable bonds is 3. The minimum absolute atomic E-state index is 0.408. The fourth-order valence-electron chi connectivity index (χ4n) is 1.87. The number of carbonyl (C=O) groups is 1. The third-order valence-corrected chi connectivity index (χ3v) is 4.07. The summed E-state index contributed by atoms with van der Waals surface area (Å²) in [6.07, 6.45) is 0. The van der Waals surface area contributed by atoms with Gasteiger partial charge in [0.15, 0.2) is 0 Å². The van der Waals surface area contributed by atoms with Crippen LogP contribution in [-0.4, -0.2) is 16.1 Å². The Balaban J connectivity index is 2.43. The molecule has 0 saturated carbocycles. The smallest absolute Gasteiger partial charge is 0.326 e. The lowest BCUT2D eigenvalue weighted by Gasteiger charge is -2.07. The fourth-order valence-corrected chi connectivity index (χ4v) is 2.81. The van der Waals surface area contributed by atoms with Crippen LogP contribution in [0.4, 0.5) is 0 Å². The van der Waals surface area contributed by atoms with Crippen LogP contribution in [0.2, 0.25) is 0 Å². The van der Waals surface area contributed by atoms with E-state index in [-0.39, 0.29) is 0 Å². The first-order valence-corrected chi connectivity index (χ1v) is 6.80. The molecule has 0 spiro atoms. The highest BCUT2D eigenvalue weighted by Gasteiger charge is 2.18. The molecule has 0 aliphatic heterocycles. The molecule has 1 unspecified atom stereocenters. The summed E-state index contributed by atoms with van der Waals surface area (Å²) in [7, 11) is 0. The van der Waals surface area contributed by atoms with E-state index in [0.717, 1.165) is 16.1 Å². The monoisotopic (exact) mass is 276 g/mol. The van der Waals surface area contributed by atoms with E-state index < -0.39 is 12.0 Å². The standard InChI is InChI=1S/C14H16N2O2S/c1-7-4-9(3)10(5-8(7)2)13-16-11(6-19-13)12(15)14(17)18/h4-6,12H,15H2,1-3H3,(H,17,18). The molecule has 0 amide bonds. The summed E-state index contributed by atoms with van der Waals surface area (Å²) in [5.74, 6) is -1.06. The zero-order valence-corrected chi connectivity index (χ0v) is 11.9. The van der Waals surface area contributed by atoms with E-state index in [1.54, 1.807) is 5.38 Å². The maximum absolute atomic E-state index is 10.9. The summed E-state index contributed by atoms with van der Waals surface area (Å²) >= 11 is 1.42. The zero-order valence-electron chi connectivity index (χ0n) is 11.1. The number of benzene rings is 1. The summed E-state index contributed by atoms with van der Waals surface area (Å²) in [6, 6.07) is 3.14. The highest BCUT2D eigenvalue weighted by molar-refractivity contribution is 7.13. The van der Waals surface area contributed by atoms with Crippen molar-refractivity contribution in [2.75, 3.05) is 0 Å². The molecule has 0 fully saturated rings. The molecule has 0 aliphatic carbocycles. The third-order valence-electron chi connectivity index (χ3n) is 3.18. The maximum Gasteiger partial charge on any atom is 0.326 e. The predicted octanol–water partition coefficient (Wildman–Crippen LogP) is 2.82. The lowest BCUT2D eigenvalue weighted by Crippen LogP contribution is -2.20. The normalized spacial score (nSPS) is 12.4. The van der Waals surface area contributed by atoms with Crippen LogP contribution < -0.4 is 5.73 Å². The van der Waals surface area contributed by atoms with Crippen molar-refractivity contribution in [2.45, 2.75) is 26.8 Å². The SMILES string of the molecule is Cc1cc(C)c(-c2nc(C(N)C(=O)O)cs2)cc1C. The van der Waals surface area contributed by atoms with Crippen LogP contribution in [0.25, 0.3) is 10.6 Å². The second-order valence-corrected chi connectivity index (χ2v) is 5.50. The molecule has 4 nitrogen and oxygen atoms in total. The number of nitrogens with two attached hydrogens (primary N) is 1. The topological polar surface area (TPSA) is 76.2 Å². The maximum atomic E-state index is 10.9. The van der Waals surface area contributed by atoms with Gasteiger partial charge in [-0.15, -0.1) is 11.3 Å². The Labute approximate surface area is 115 Å². The molecule has 1 aromatic heterocycles. The Hall–Kier alpha value is -1.72. The number of nitrogens with zero attached hydrogens (tertiary/aromatic N) is 1. The molecule has 1 heterocycles. The minimum Gasteiger partial charge on any atom is -0.480 e.